The number of benzene rings is 1. The fraction of sp³-hybridized carbons (Fsp3) is 0.0909. The lowest BCUT2D eigenvalue weighted by molar-refractivity contribution is 0.474. The predicted octanol–water partition coefficient (Wildman–Crippen LogP) is 2.03. The molecule has 0 radical (unpaired) electrons. The number of aromatic nitrogens is 2. The summed E-state index contributed by atoms with van der Waals surface area (Å²) in [5.74, 6) is 0.931. The molecular formula is C11H11ClN4O. The fourth-order valence-corrected chi connectivity index (χ4v) is 1.52. The summed E-state index contributed by atoms with van der Waals surface area (Å²) < 4.78 is 0. The molecule has 5 nitrogen and oxygen atoms in total. The molecule has 2 aromatic rings. The summed E-state index contributed by atoms with van der Waals surface area (Å²) in [6.07, 6.45) is 1.34. The van der Waals surface area contributed by atoms with Crippen molar-refractivity contribution >= 4 is 23.2 Å². The third kappa shape index (κ3) is 2.76. The van der Waals surface area contributed by atoms with E-state index < -0.39 is 0 Å². The van der Waals surface area contributed by atoms with Crippen LogP contribution in [0.25, 0.3) is 0 Å². The van der Waals surface area contributed by atoms with Crippen molar-refractivity contribution in [1.82, 2.24) is 9.97 Å². The Kier molecular flexibility index (Phi) is 3.30. The maximum atomic E-state index is 9.31. The summed E-state index contributed by atoms with van der Waals surface area (Å²) in [6.45, 7) is 0.491. The number of rotatable bonds is 3. The Labute approximate surface area is 103 Å². The first-order valence-electron chi connectivity index (χ1n) is 4.94. The maximum Gasteiger partial charge on any atom is 0.150 e. The third-order valence-corrected chi connectivity index (χ3v) is 2.56. The molecule has 0 unspecified atom stereocenters. The van der Waals surface area contributed by atoms with Gasteiger partial charge in [0, 0.05) is 6.54 Å². The van der Waals surface area contributed by atoms with Gasteiger partial charge in [0.25, 0.3) is 0 Å². The number of phenolic OH excluding ortho intramolecular Hbond substituents is 1. The number of nitrogen functional groups attached to an aromatic ring is 1. The number of anilines is 2. The highest BCUT2D eigenvalue weighted by molar-refractivity contribution is 6.35. The molecule has 0 aliphatic heterocycles. The average molecular weight is 251 g/mol. The third-order valence-electron chi connectivity index (χ3n) is 2.19. The molecule has 0 bridgehead atoms. The number of nitrogens with one attached hydrogen (secondary N) is 1. The zero-order chi connectivity index (χ0) is 12.3. The highest BCUT2D eigenvalue weighted by Gasteiger charge is 2.05. The van der Waals surface area contributed by atoms with Crippen LogP contribution in [0.3, 0.4) is 0 Å². The Morgan fingerprint density at radius 2 is 2.18 bits per heavy atom. The van der Waals surface area contributed by atoms with E-state index in [1.165, 1.54) is 6.33 Å². The van der Waals surface area contributed by atoms with Crippen molar-refractivity contribution in [1.29, 1.82) is 0 Å². The van der Waals surface area contributed by atoms with Crippen LogP contribution in [0.1, 0.15) is 5.56 Å². The van der Waals surface area contributed by atoms with E-state index in [2.05, 4.69) is 15.3 Å². The van der Waals surface area contributed by atoms with Crippen LogP contribution < -0.4 is 11.1 Å². The molecule has 1 heterocycles. The quantitative estimate of drug-likeness (QED) is 0.776. The molecule has 2 rings (SSSR count). The van der Waals surface area contributed by atoms with Crippen molar-refractivity contribution in [3.05, 3.63) is 41.2 Å². The zero-order valence-electron chi connectivity index (χ0n) is 8.89. The smallest absolute Gasteiger partial charge is 0.150 e. The van der Waals surface area contributed by atoms with Gasteiger partial charge in [-0.3, -0.25) is 0 Å². The van der Waals surface area contributed by atoms with E-state index in [0.717, 1.165) is 5.56 Å². The lowest BCUT2D eigenvalue weighted by Crippen LogP contribution is -2.04. The molecule has 0 aliphatic carbocycles. The van der Waals surface area contributed by atoms with Crippen LogP contribution in [0.4, 0.5) is 11.6 Å². The van der Waals surface area contributed by atoms with Crippen LogP contribution in [-0.4, -0.2) is 15.1 Å². The summed E-state index contributed by atoms with van der Waals surface area (Å²) in [7, 11) is 0. The molecule has 0 saturated carbocycles. The molecule has 17 heavy (non-hydrogen) atoms. The highest BCUT2D eigenvalue weighted by atomic mass is 35.5. The number of hydrogen-bond acceptors (Lipinski definition) is 5. The molecule has 88 valence electrons. The molecule has 1 aromatic heterocycles. The van der Waals surface area contributed by atoms with E-state index in [4.69, 9.17) is 17.3 Å². The Hall–Kier alpha value is -2.01. The molecule has 0 spiro atoms. The molecule has 4 N–H and O–H groups in total. The minimum absolute atomic E-state index is 0.220. The van der Waals surface area contributed by atoms with Crippen LogP contribution in [0.15, 0.2) is 30.6 Å². The molecular weight excluding hydrogens is 240 g/mol. The summed E-state index contributed by atoms with van der Waals surface area (Å²) >= 11 is 5.93. The van der Waals surface area contributed by atoms with Gasteiger partial charge in [0.15, 0.2) is 5.82 Å². The van der Waals surface area contributed by atoms with Gasteiger partial charge in [0.05, 0.1) is 0 Å². The zero-order valence-corrected chi connectivity index (χ0v) is 9.65. The number of aromatic hydroxyl groups is 1. The number of nitrogens with zero attached hydrogens (tertiary/aromatic N) is 2. The van der Waals surface area contributed by atoms with Crippen LogP contribution >= 0.6 is 11.6 Å². The summed E-state index contributed by atoms with van der Waals surface area (Å²) in [5, 5.41) is 12.6. The fourth-order valence-electron chi connectivity index (χ4n) is 1.36. The summed E-state index contributed by atoms with van der Waals surface area (Å²) in [5.41, 5.74) is 6.47. The van der Waals surface area contributed by atoms with Crippen LogP contribution in [0.5, 0.6) is 5.75 Å². The topological polar surface area (TPSA) is 84.1 Å². The second-order valence-corrected chi connectivity index (χ2v) is 3.82. The molecule has 6 heteroatoms. The summed E-state index contributed by atoms with van der Waals surface area (Å²) in [6, 6.07) is 6.91. The van der Waals surface area contributed by atoms with Gasteiger partial charge in [-0.25, -0.2) is 9.97 Å². The standard InChI is InChI=1S/C11H11ClN4O/c12-9-10(13)15-6-16-11(9)14-5-7-2-1-3-8(17)4-7/h1-4,6,17H,5H2,(H3,13,14,15,16). The van der Waals surface area contributed by atoms with Crippen molar-refractivity contribution in [3.63, 3.8) is 0 Å². The Balaban J connectivity index is 2.10. The van der Waals surface area contributed by atoms with Gasteiger partial charge in [0.1, 0.15) is 22.9 Å². The second-order valence-electron chi connectivity index (χ2n) is 3.44. The van der Waals surface area contributed by atoms with Gasteiger partial charge in [0.2, 0.25) is 0 Å². The maximum absolute atomic E-state index is 9.31. The lowest BCUT2D eigenvalue weighted by Gasteiger charge is -2.08. The van der Waals surface area contributed by atoms with E-state index in [-0.39, 0.29) is 11.6 Å². The second kappa shape index (κ2) is 4.88. The van der Waals surface area contributed by atoms with E-state index in [0.29, 0.717) is 17.4 Å². The molecule has 0 fully saturated rings. The highest BCUT2D eigenvalue weighted by Crippen LogP contribution is 2.23. The molecule has 0 saturated heterocycles. The van der Waals surface area contributed by atoms with Crippen LogP contribution in [-0.2, 0) is 6.54 Å². The average Bonchev–Trinajstić information content (AvgIpc) is 2.31. The van der Waals surface area contributed by atoms with E-state index in [1.54, 1.807) is 18.2 Å². The van der Waals surface area contributed by atoms with E-state index in [9.17, 15) is 5.11 Å². The van der Waals surface area contributed by atoms with E-state index >= 15 is 0 Å². The minimum Gasteiger partial charge on any atom is -0.508 e. The van der Waals surface area contributed by atoms with Crippen LogP contribution in [0.2, 0.25) is 5.02 Å². The Bertz CT molecular complexity index is 533. The van der Waals surface area contributed by atoms with Gasteiger partial charge in [-0.1, -0.05) is 23.7 Å². The van der Waals surface area contributed by atoms with Gasteiger partial charge in [-0.05, 0) is 17.7 Å². The minimum atomic E-state index is 0.220. The van der Waals surface area contributed by atoms with E-state index in [1.807, 2.05) is 6.07 Å². The van der Waals surface area contributed by atoms with Crippen molar-refractivity contribution in [2.45, 2.75) is 6.54 Å². The van der Waals surface area contributed by atoms with Gasteiger partial charge < -0.3 is 16.2 Å². The predicted molar refractivity (Wildman–Crippen MR) is 66.9 cm³/mol. The van der Waals surface area contributed by atoms with Gasteiger partial charge >= 0.3 is 0 Å². The Morgan fingerprint density at radius 3 is 2.94 bits per heavy atom. The SMILES string of the molecule is Nc1ncnc(NCc2cccc(O)c2)c1Cl. The first-order chi connectivity index (χ1) is 8.16. The lowest BCUT2D eigenvalue weighted by atomic mass is 10.2. The number of nitrogens with two attached hydrogens (primary N) is 1. The largest absolute Gasteiger partial charge is 0.508 e. The van der Waals surface area contributed by atoms with Crippen molar-refractivity contribution in [3.8, 4) is 5.75 Å². The Morgan fingerprint density at radius 1 is 1.35 bits per heavy atom. The van der Waals surface area contributed by atoms with Gasteiger partial charge in [-0.15, -0.1) is 0 Å². The monoisotopic (exact) mass is 250 g/mol. The number of hydrogen-bond donors (Lipinski definition) is 3. The number of phenols is 1. The normalized spacial score (nSPS) is 10.2. The van der Waals surface area contributed by atoms with Crippen molar-refractivity contribution < 1.29 is 5.11 Å². The number of halogens is 1. The first-order valence-corrected chi connectivity index (χ1v) is 5.32. The molecule has 1 aromatic carbocycles. The summed E-state index contributed by atoms with van der Waals surface area (Å²) in [4.78, 5) is 7.74. The van der Waals surface area contributed by atoms with Crippen LogP contribution in [0, 0.1) is 0 Å². The van der Waals surface area contributed by atoms with Gasteiger partial charge in [-0.2, -0.15) is 0 Å². The molecule has 0 aliphatic rings. The molecule has 0 amide bonds. The first kappa shape index (κ1) is 11.5. The molecule has 0 atom stereocenters. The van der Waals surface area contributed by atoms with Crippen molar-refractivity contribution in [2.75, 3.05) is 11.1 Å². The van der Waals surface area contributed by atoms with Crippen molar-refractivity contribution in [2.24, 2.45) is 0 Å².